The van der Waals surface area contributed by atoms with Gasteiger partial charge in [-0.3, -0.25) is 0 Å². The Morgan fingerprint density at radius 3 is 2.36 bits per heavy atom. The van der Waals surface area contributed by atoms with E-state index in [-0.39, 0.29) is 14.7 Å². The van der Waals surface area contributed by atoms with Gasteiger partial charge in [-0.15, -0.1) is 0 Å². The molecule has 1 nitrogen and oxygen atoms in total. The summed E-state index contributed by atoms with van der Waals surface area (Å²) in [7, 11) is 0. The summed E-state index contributed by atoms with van der Waals surface area (Å²) in [6, 6.07) is 0. The molecule has 0 atom stereocenters. The summed E-state index contributed by atoms with van der Waals surface area (Å²) >= 11 is -0.314. The summed E-state index contributed by atoms with van der Waals surface area (Å²) in [5, 5.41) is 4.95. The first kappa shape index (κ1) is 11.5. The summed E-state index contributed by atoms with van der Waals surface area (Å²) in [4.78, 5) is 0. The summed E-state index contributed by atoms with van der Waals surface area (Å²) in [6.45, 7) is 4.64. The third kappa shape index (κ3) is 10.5. The number of rotatable bonds is 7. The van der Waals surface area contributed by atoms with Crippen molar-refractivity contribution in [2.24, 2.45) is 0 Å². The molecule has 0 saturated heterocycles. The van der Waals surface area contributed by atoms with Crippen LogP contribution in [-0.4, -0.2) is 27.7 Å². The van der Waals surface area contributed by atoms with Crippen LogP contribution in [0.1, 0.15) is 26.2 Å². The molecule has 2 heteroatoms. The zero-order chi connectivity index (χ0) is 8.53. The number of unbranched alkanes of at least 4 members (excludes halogenated alkanes) is 1. The van der Waals surface area contributed by atoms with Crippen LogP contribution in [0, 0.1) is 0 Å². The van der Waals surface area contributed by atoms with E-state index < -0.39 is 0 Å². The van der Waals surface area contributed by atoms with Crippen LogP contribution in [0.3, 0.4) is 0 Å². The number of hydrogen-bond donors (Lipinski definition) is 1. The van der Waals surface area contributed by atoms with Gasteiger partial charge in [0.05, 0.1) is 0 Å². The van der Waals surface area contributed by atoms with Crippen molar-refractivity contribution in [1.29, 1.82) is 0 Å². The van der Waals surface area contributed by atoms with Crippen molar-refractivity contribution in [2.75, 3.05) is 13.1 Å². The summed E-state index contributed by atoms with van der Waals surface area (Å²) < 4.78 is 0. The van der Waals surface area contributed by atoms with Gasteiger partial charge < -0.3 is 0 Å². The average molecular weight is 219 g/mol. The SMILES string of the molecule is CCCNCCCC[As](C)C. The Labute approximate surface area is 76.2 Å². The van der Waals surface area contributed by atoms with Gasteiger partial charge in [0.2, 0.25) is 0 Å². The van der Waals surface area contributed by atoms with Gasteiger partial charge in [-0.25, -0.2) is 0 Å². The van der Waals surface area contributed by atoms with E-state index in [2.05, 4.69) is 23.7 Å². The van der Waals surface area contributed by atoms with Crippen LogP contribution < -0.4 is 5.32 Å². The Morgan fingerprint density at radius 1 is 1.09 bits per heavy atom. The molecule has 0 aromatic carbocycles. The molecular weight excluding hydrogens is 197 g/mol. The monoisotopic (exact) mass is 219 g/mol. The third-order valence-corrected chi connectivity index (χ3v) is 4.18. The van der Waals surface area contributed by atoms with Gasteiger partial charge in [-0.2, -0.15) is 0 Å². The van der Waals surface area contributed by atoms with Gasteiger partial charge in [0, 0.05) is 0 Å². The predicted molar refractivity (Wildman–Crippen MR) is 54.7 cm³/mol. The van der Waals surface area contributed by atoms with E-state index in [4.69, 9.17) is 0 Å². The van der Waals surface area contributed by atoms with Crippen molar-refractivity contribution < 1.29 is 0 Å². The van der Waals surface area contributed by atoms with Crippen LogP contribution in [0.4, 0.5) is 0 Å². The maximum absolute atomic E-state index is 3.42. The molecule has 0 aromatic heterocycles. The standard InChI is InChI=1S/C9H22AsN/c1-4-8-11-9-6-5-7-10(2)3/h11H,4-9H2,1-3H3. The molecule has 0 aromatic rings. The van der Waals surface area contributed by atoms with E-state index in [0.29, 0.717) is 0 Å². The molecule has 0 rings (SSSR count). The topological polar surface area (TPSA) is 12.0 Å². The van der Waals surface area contributed by atoms with Gasteiger partial charge in [-0.1, -0.05) is 0 Å². The molecule has 0 heterocycles. The van der Waals surface area contributed by atoms with Crippen molar-refractivity contribution >= 4 is 14.7 Å². The second kappa shape index (κ2) is 8.61. The fourth-order valence-corrected chi connectivity index (χ4v) is 2.78. The molecule has 1 N–H and O–H groups in total. The Morgan fingerprint density at radius 2 is 1.82 bits per heavy atom. The second-order valence-corrected chi connectivity index (χ2v) is 8.73. The van der Waals surface area contributed by atoms with E-state index >= 15 is 0 Å². The van der Waals surface area contributed by atoms with Gasteiger partial charge in [-0.05, 0) is 0 Å². The molecule has 0 aliphatic heterocycles. The van der Waals surface area contributed by atoms with Crippen LogP contribution in [0.25, 0.3) is 0 Å². The normalized spacial score (nSPS) is 10.9. The van der Waals surface area contributed by atoms with Gasteiger partial charge in [0.25, 0.3) is 0 Å². The molecule has 0 aliphatic rings. The number of hydrogen-bond acceptors (Lipinski definition) is 1. The number of nitrogens with one attached hydrogen (secondary N) is 1. The molecule has 0 bridgehead atoms. The van der Waals surface area contributed by atoms with Crippen molar-refractivity contribution in [2.45, 2.75) is 42.8 Å². The third-order valence-electron chi connectivity index (χ3n) is 1.64. The van der Waals surface area contributed by atoms with Crippen LogP contribution in [0.15, 0.2) is 0 Å². The molecule has 0 saturated carbocycles. The zero-order valence-corrected chi connectivity index (χ0v) is 10.1. The molecule has 0 spiro atoms. The minimum atomic E-state index is -0.314. The van der Waals surface area contributed by atoms with E-state index in [1.54, 1.807) is 0 Å². The molecule has 0 radical (unpaired) electrons. The maximum atomic E-state index is 3.42. The summed E-state index contributed by atoms with van der Waals surface area (Å²) in [5.74, 6) is 0. The van der Waals surface area contributed by atoms with Crippen LogP contribution >= 0.6 is 0 Å². The minimum absolute atomic E-state index is 0.314. The van der Waals surface area contributed by atoms with Crippen molar-refractivity contribution in [3.63, 3.8) is 0 Å². The Balaban J connectivity index is 2.80. The van der Waals surface area contributed by atoms with Crippen molar-refractivity contribution in [3.8, 4) is 0 Å². The molecule has 0 amide bonds. The van der Waals surface area contributed by atoms with Crippen LogP contribution in [0.2, 0.25) is 16.6 Å². The summed E-state index contributed by atoms with van der Waals surface area (Å²) in [5.41, 5.74) is 4.87. The molecule has 11 heavy (non-hydrogen) atoms. The first-order valence-corrected chi connectivity index (χ1v) is 9.70. The first-order chi connectivity index (χ1) is 5.27. The van der Waals surface area contributed by atoms with Gasteiger partial charge >= 0.3 is 75.9 Å². The molecular formula is C9H22AsN. The van der Waals surface area contributed by atoms with Crippen molar-refractivity contribution in [3.05, 3.63) is 0 Å². The van der Waals surface area contributed by atoms with Crippen LogP contribution in [0.5, 0.6) is 0 Å². The molecule has 68 valence electrons. The fourth-order valence-electron chi connectivity index (χ4n) is 0.980. The zero-order valence-electron chi connectivity index (χ0n) is 8.19. The van der Waals surface area contributed by atoms with Crippen molar-refractivity contribution in [1.82, 2.24) is 5.32 Å². The molecule has 0 unspecified atom stereocenters. The van der Waals surface area contributed by atoms with Crippen LogP contribution in [-0.2, 0) is 0 Å². The second-order valence-electron chi connectivity index (χ2n) is 3.26. The first-order valence-electron chi connectivity index (χ1n) is 4.62. The Bertz CT molecular complexity index is 74.0. The van der Waals surface area contributed by atoms with E-state index in [1.807, 2.05) is 0 Å². The van der Waals surface area contributed by atoms with Gasteiger partial charge in [0.15, 0.2) is 0 Å². The van der Waals surface area contributed by atoms with E-state index in [0.717, 1.165) is 0 Å². The Kier molecular flexibility index (Phi) is 9.02. The molecule has 0 aliphatic carbocycles. The fraction of sp³-hybridized carbons (Fsp3) is 1.00. The summed E-state index contributed by atoms with van der Waals surface area (Å²) in [6.07, 6.45) is 4.09. The predicted octanol–water partition coefficient (Wildman–Crippen LogP) is 2.52. The average Bonchev–Trinajstić information content (AvgIpc) is 1.96. The Hall–Kier alpha value is 0.518. The van der Waals surface area contributed by atoms with E-state index in [1.165, 1.54) is 37.6 Å². The van der Waals surface area contributed by atoms with E-state index in [9.17, 15) is 0 Å². The molecule has 0 fully saturated rings. The quantitative estimate of drug-likeness (QED) is 0.512. The van der Waals surface area contributed by atoms with Gasteiger partial charge in [0.1, 0.15) is 0 Å².